The van der Waals surface area contributed by atoms with Gasteiger partial charge in [-0.05, 0) is 42.8 Å². The maximum absolute atomic E-state index is 12.9. The van der Waals surface area contributed by atoms with Gasteiger partial charge in [0.15, 0.2) is 6.54 Å². The van der Waals surface area contributed by atoms with E-state index in [2.05, 4.69) is 5.32 Å². The highest BCUT2D eigenvalue weighted by Crippen LogP contribution is 2.31. The molecule has 3 rings (SSSR count). The van der Waals surface area contributed by atoms with Crippen molar-refractivity contribution in [1.82, 2.24) is 0 Å². The number of nitrogens with zero attached hydrogens (tertiary/aromatic N) is 1. The van der Waals surface area contributed by atoms with Gasteiger partial charge in [0.1, 0.15) is 0 Å². The molecule has 1 heterocycles. The number of rotatable bonds is 4. The first kappa shape index (κ1) is 20.5. The minimum atomic E-state index is -4.35. The number of anilines is 2. The van der Waals surface area contributed by atoms with E-state index in [1.54, 1.807) is 18.2 Å². The SMILES string of the molecule is Cc1ccc(Cl)cc1NC(=O)C[NH+]1CCN(c2cccc(C(F)(F)F)c2)CC1. The number of alkyl halides is 3. The van der Waals surface area contributed by atoms with Gasteiger partial charge in [0, 0.05) is 16.4 Å². The number of nitrogens with one attached hydrogen (secondary N) is 2. The van der Waals surface area contributed by atoms with Crippen molar-refractivity contribution in [2.45, 2.75) is 13.1 Å². The summed E-state index contributed by atoms with van der Waals surface area (Å²) < 4.78 is 38.7. The molecule has 1 saturated heterocycles. The predicted molar refractivity (Wildman–Crippen MR) is 104 cm³/mol. The van der Waals surface area contributed by atoms with Crippen molar-refractivity contribution in [2.75, 3.05) is 42.9 Å². The molecule has 0 unspecified atom stereocenters. The fourth-order valence-electron chi connectivity index (χ4n) is 3.29. The summed E-state index contributed by atoms with van der Waals surface area (Å²) in [5.41, 5.74) is 1.55. The Morgan fingerprint density at radius 3 is 2.57 bits per heavy atom. The van der Waals surface area contributed by atoms with Crippen LogP contribution in [-0.2, 0) is 11.0 Å². The van der Waals surface area contributed by atoms with Gasteiger partial charge in [0.2, 0.25) is 0 Å². The predicted octanol–water partition coefficient (Wildman–Crippen LogP) is 3.01. The molecule has 2 aromatic rings. The molecular formula is C20H22ClF3N3O+. The lowest BCUT2D eigenvalue weighted by Crippen LogP contribution is -3.15. The van der Waals surface area contributed by atoms with Crippen molar-refractivity contribution in [1.29, 1.82) is 0 Å². The normalized spacial score (nSPS) is 15.5. The molecule has 0 aliphatic carbocycles. The Morgan fingerprint density at radius 2 is 1.89 bits per heavy atom. The number of aryl methyl sites for hydroxylation is 1. The first-order valence-corrected chi connectivity index (χ1v) is 9.42. The van der Waals surface area contributed by atoms with Crippen molar-refractivity contribution >= 4 is 28.9 Å². The van der Waals surface area contributed by atoms with Gasteiger partial charge in [-0.3, -0.25) is 4.79 Å². The van der Waals surface area contributed by atoms with E-state index in [0.29, 0.717) is 49.1 Å². The monoisotopic (exact) mass is 412 g/mol. The van der Waals surface area contributed by atoms with Gasteiger partial charge in [0.05, 0.1) is 31.7 Å². The summed E-state index contributed by atoms with van der Waals surface area (Å²) in [7, 11) is 0. The second-order valence-corrected chi connectivity index (χ2v) is 7.41. The molecule has 0 aromatic heterocycles. The third-order valence-corrected chi connectivity index (χ3v) is 5.13. The third kappa shape index (κ3) is 5.17. The topological polar surface area (TPSA) is 36.8 Å². The molecule has 4 nitrogen and oxygen atoms in total. The van der Waals surface area contributed by atoms with E-state index in [9.17, 15) is 18.0 Å². The van der Waals surface area contributed by atoms with Gasteiger partial charge in [-0.15, -0.1) is 0 Å². The van der Waals surface area contributed by atoms with Crippen LogP contribution in [0, 0.1) is 6.92 Å². The smallest absolute Gasteiger partial charge is 0.360 e. The van der Waals surface area contributed by atoms with E-state index in [1.165, 1.54) is 12.1 Å². The first-order chi connectivity index (χ1) is 13.2. The van der Waals surface area contributed by atoms with Crippen molar-refractivity contribution in [2.24, 2.45) is 0 Å². The number of carbonyl (C=O) groups is 1. The van der Waals surface area contributed by atoms with Crippen LogP contribution in [0.5, 0.6) is 0 Å². The van der Waals surface area contributed by atoms with Gasteiger partial charge in [-0.2, -0.15) is 13.2 Å². The van der Waals surface area contributed by atoms with Crippen molar-refractivity contribution in [3.63, 3.8) is 0 Å². The standard InChI is InChI=1S/C20H21ClF3N3O/c1-14-5-6-16(21)12-18(14)25-19(28)13-26-7-9-27(10-8-26)17-4-2-3-15(11-17)20(22,23)24/h2-6,11-12H,7-10,13H2,1H3,(H,25,28)/p+1. The lowest BCUT2D eigenvalue weighted by molar-refractivity contribution is -0.892. The van der Waals surface area contributed by atoms with Crippen molar-refractivity contribution in [3.8, 4) is 0 Å². The number of hydrogen-bond donors (Lipinski definition) is 2. The van der Waals surface area contributed by atoms with Crippen LogP contribution < -0.4 is 15.1 Å². The molecule has 2 N–H and O–H groups in total. The van der Waals surface area contributed by atoms with Gasteiger partial charge in [-0.25, -0.2) is 0 Å². The maximum atomic E-state index is 12.9. The largest absolute Gasteiger partial charge is 0.416 e. The molecule has 1 aliphatic heterocycles. The number of quaternary nitrogens is 1. The Bertz CT molecular complexity index is 849. The van der Waals surface area contributed by atoms with Gasteiger partial charge < -0.3 is 15.1 Å². The second kappa shape index (κ2) is 8.41. The molecule has 1 aliphatic rings. The molecule has 8 heteroatoms. The Morgan fingerprint density at radius 1 is 1.18 bits per heavy atom. The van der Waals surface area contributed by atoms with Crippen LogP contribution in [0.4, 0.5) is 24.5 Å². The van der Waals surface area contributed by atoms with Crippen LogP contribution in [0.25, 0.3) is 0 Å². The molecule has 0 radical (unpaired) electrons. The van der Waals surface area contributed by atoms with Crippen LogP contribution in [0.15, 0.2) is 42.5 Å². The molecule has 150 valence electrons. The molecule has 0 atom stereocenters. The van der Waals surface area contributed by atoms with Gasteiger partial charge >= 0.3 is 6.18 Å². The number of amides is 1. The maximum Gasteiger partial charge on any atom is 0.416 e. The van der Waals surface area contributed by atoms with Crippen LogP contribution in [-0.4, -0.2) is 38.6 Å². The van der Waals surface area contributed by atoms with Crippen LogP contribution in [0.2, 0.25) is 5.02 Å². The molecule has 0 spiro atoms. The lowest BCUT2D eigenvalue weighted by atomic mass is 10.1. The van der Waals surface area contributed by atoms with Gasteiger partial charge in [0.25, 0.3) is 5.91 Å². The average molecular weight is 413 g/mol. The summed E-state index contributed by atoms with van der Waals surface area (Å²) in [4.78, 5) is 15.4. The van der Waals surface area contributed by atoms with E-state index < -0.39 is 11.7 Å². The summed E-state index contributed by atoms with van der Waals surface area (Å²) >= 11 is 5.97. The van der Waals surface area contributed by atoms with Crippen LogP contribution in [0.1, 0.15) is 11.1 Å². The zero-order chi connectivity index (χ0) is 20.3. The van der Waals surface area contributed by atoms with E-state index in [4.69, 9.17) is 11.6 Å². The lowest BCUT2D eigenvalue weighted by Gasteiger charge is -2.33. The molecule has 0 saturated carbocycles. The number of halogens is 4. The fourth-order valence-corrected chi connectivity index (χ4v) is 3.46. The van der Waals surface area contributed by atoms with Gasteiger partial charge in [-0.1, -0.05) is 23.7 Å². The molecule has 1 fully saturated rings. The summed E-state index contributed by atoms with van der Waals surface area (Å²) in [5.74, 6) is -0.104. The molecule has 0 bridgehead atoms. The minimum Gasteiger partial charge on any atom is -0.360 e. The summed E-state index contributed by atoms with van der Waals surface area (Å²) in [5, 5.41) is 3.44. The zero-order valence-corrected chi connectivity index (χ0v) is 16.2. The number of carbonyl (C=O) groups excluding carboxylic acids is 1. The molecule has 2 aromatic carbocycles. The van der Waals surface area contributed by atoms with Crippen molar-refractivity contribution < 1.29 is 22.9 Å². The van der Waals surface area contributed by atoms with E-state index in [1.807, 2.05) is 17.9 Å². The van der Waals surface area contributed by atoms with E-state index >= 15 is 0 Å². The number of benzene rings is 2. The Labute approximate surface area is 166 Å². The Hall–Kier alpha value is -2.25. The van der Waals surface area contributed by atoms with E-state index in [0.717, 1.165) is 16.5 Å². The zero-order valence-electron chi connectivity index (χ0n) is 15.4. The molecule has 1 amide bonds. The van der Waals surface area contributed by atoms with E-state index in [-0.39, 0.29) is 5.91 Å². The number of piperazine rings is 1. The first-order valence-electron chi connectivity index (χ1n) is 9.04. The van der Waals surface area contributed by atoms with Crippen molar-refractivity contribution in [3.05, 3.63) is 58.6 Å². The Kier molecular flexibility index (Phi) is 6.15. The minimum absolute atomic E-state index is 0.104. The highest BCUT2D eigenvalue weighted by Gasteiger charge is 2.31. The van der Waals surface area contributed by atoms with Crippen LogP contribution in [0.3, 0.4) is 0 Å². The summed E-state index contributed by atoms with van der Waals surface area (Å²) in [6, 6.07) is 10.7. The molecular weight excluding hydrogens is 391 g/mol. The number of hydrogen-bond acceptors (Lipinski definition) is 2. The Balaban J connectivity index is 1.54. The van der Waals surface area contributed by atoms with Crippen LogP contribution >= 0.6 is 11.6 Å². The quantitative estimate of drug-likeness (QED) is 0.810. The summed E-state index contributed by atoms with van der Waals surface area (Å²) in [6.45, 7) is 4.76. The fraction of sp³-hybridized carbons (Fsp3) is 0.350. The average Bonchev–Trinajstić information content (AvgIpc) is 2.65. The second-order valence-electron chi connectivity index (χ2n) is 6.97. The summed E-state index contributed by atoms with van der Waals surface area (Å²) in [6.07, 6.45) is -4.35. The highest BCUT2D eigenvalue weighted by molar-refractivity contribution is 6.31. The third-order valence-electron chi connectivity index (χ3n) is 4.89. The molecule has 28 heavy (non-hydrogen) atoms. The highest BCUT2D eigenvalue weighted by atomic mass is 35.5.